The van der Waals surface area contributed by atoms with Gasteiger partial charge in [0.25, 0.3) is 0 Å². The van der Waals surface area contributed by atoms with Crippen LogP contribution >= 0.6 is 11.8 Å². The third-order valence-electron chi connectivity index (χ3n) is 3.56. The lowest BCUT2D eigenvalue weighted by Gasteiger charge is -2.36. The second-order valence-corrected chi connectivity index (χ2v) is 7.22. The van der Waals surface area contributed by atoms with Crippen molar-refractivity contribution in [2.75, 3.05) is 46.0 Å². The molecule has 0 saturated carbocycles. The van der Waals surface area contributed by atoms with E-state index in [1.165, 1.54) is 0 Å². The minimum absolute atomic E-state index is 0.129. The van der Waals surface area contributed by atoms with Gasteiger partial charge < -0.3 is 15.1 Å². The number of carbonyl (C=O) groups excluding carboxylic acids is 1. The van der Waals surface area contributed by atoms with E-state index >= 15 is 0 Å². The lowest BCUT2D eigenvalue weighted by Crippen LogP contribution is -2.49. The van der Waals surface area contributed by atoms with Crippen molar-refractivity contribution in [3.63, 3.8) is 0 Å². The molecule has 1 unspecified atom stereocenters. The molecule has 5 nitrogen and oxygen atoms in total. The van der Waals surface area contributed by atoms with Gasteiger partial charge in [-0.2, -0.15) is 11.8 Å². The fraction of sp³-hybridized carbons (Fsp3) is 0.867. The van der Waals surface area contributed by atoms with Crippen molar-refractivity contribution < 1.29 is 4.79 Å². The monoisotopic (exact) mass is 314 g/mol. The molecule has 0 aromatic heterocycles. The number of nitrogens with zero attached hydrogens (tertiary/aromatic N) is 3. The molecule has 1 atom stereocenters. The summed E-state index contributed by atoms with van der Waals surface area (Å²) < 4.78 is 0. The molecule has 0 aromatic rings. The van der Waals surface area contributed by atoms with Crippen LogP contribution in [0.5, 0.6) is 0 Å². The van der Waals surface area contributed by atoms with Crippen LogP contribution in [-0.4, -0.2) is 72.9 Å². The number of aliphatic imine (C=N–C) groups is 1. The van der Waals surface area contributed by atoms with Crippen LogP contribution in [-0.2, 0) is 4.79 Å². The molecule has 0 aliphatic carbocycles. The second kappa shape index (κ2) is 9.18. The largest absolute Gasteiger partial charge is 0.357 e. The highest BCUT2D eigenvalue weighted by Crippen LogP contribution is 2.24. The zero-order chi connectivity index (χ0) is 15.8. The van der Waals surface area contributed by atoms with Crippen molar-refractivity contribution in [1.29, 1.82) is 0 Å². The summed E-state index contributed by atoms with van der Waals surface area (Å²) in [6.45, 7) is 10.1. The van der Waals surface area contributed by atoms with Crippen LogP contribution in [0, 0.1) is 5.92 Å². The SMILES string of the molecule is CCNC(=NCCC(=O)N(C)C)N1CCSC(C(C)C)C1. The van der Waals surface area contributed by atoms with Gasteiger partial charge in [0.05, 0.1) is 6.54 Å². The number of nitrogens with one attached hydrogen (secondary N) is 1. The molecule has 1 saturated heterocycles. The topological polar surface area (TPSA) is 47.9 Å². The van der Waals surface area contributed by atoms with E-state index in [1.54, 1.807) is 19.0 Å². The molecule has 1 aliphatic heterocycles. The molecule has 1 aliphatic rings. The zero-order valence-electron chi connectivity index (χ0n) is 14.1. The van der Waals surface area contributed by atoms with Crippen molar-refractivity contribution in [2.24, 2.45) is 10.9 Å². The fourth-order valence-corrected chi connectivity index (χ4v) is 3.48. The van der Waals surface area contributed by atoms with E-state index < -0.39 is 0 Å². The van der Waals surface area contributed by atoms with Crippen LogP contribution in [0.4, 0.5) is 0 Å². The van der Waals surface area contributed by atoms with Gasteiger partial charge in [-0.1, -0.05) is 13.8 Å². The highest BCUT2D eigenvalue weighted by atomic mass is 32.2. The Bertz CT molecular complexity index is 358. The third kappa shape index (κ3) is 6.16. The van der Waals surface area contributed by atoms with E-state index in [9.17, 15) is 4.79 Å². The second-order valence-electron chi connectivity index (χ2n) is 5.87. The summed E-state index contributed by atoms with van der Waals surface area (Å²) in [7, 11) is 3.57. The number of hydrogen-bond donors (Lipinski definition) is 1. The highest BCUT2D eigenvalue weighted by molar-refractivity contribution is 8.00. The molecule has 1 amide bonds. The quantitative estimate of drug-likeness (QED) is 0.617. The Hall–Kier alpha value is -0.910. The number of carbonyl (C=O) groups is 1. The summed E-state index contributed by atoms with van der Waals surface area (Å²) in [5.41, 5.74) is 0. The van der Waals surface area contributed by atoms with Gasteiger partial charge in [-0.3, -0.25) is 9.79 Å². The van der Waals surface area contributed by atoms with E-state index in [0.29, 0.717) is 24.1 Å². The predicted molar refractivity (Wildman–Crippen MR) is 91.9 cm³/mol. The summed E-state index contributed by atoms with van der Waals surface area (Å²) in [5.74, 6) is 2.90. The molecule has 0 radical (unpaired) electrons. The van der Waals surface area contributed by atoms with Gasteiger partial charge in [0.15, 0.2) is 5.96 Å². The molecule has 1 heterocycles. The van der Waals surface area contributed by atoms with Crippen molar-refractivity contribution >= 4 is 23.6 Å². The maximum atomic E-state index is 11.6. The van der Waals surface area contributed by atoms with Gasteiger partial charge in [0, 0.05) is 51.2 Å². The highest BCUT2D eigenvalue weighted by Gasteiger charge is 2.24. The number of rotatable bonds is 5. The molecular formula is C15H30N4OS. The number of thioether (sulfide) groups is 1. The first-order valence-corrected chi connectivity index (χ1v) is 8.85. The van der Waals surface area contributed by atoms with Crippen molar-refractivity contribution in [1.82, 2.24) is 15.1 Å². The summed E-state index contributed by atoms with van der Waals surface area (Å²) in [4.78, 5) is 20.2. The van der Waals surface area contributed by atoms with Gasteiger partial charge in [-0.25, -0.2) is 0 Å². The normalized spacial score (nSPS) is 19.8. The van der Waals surface area contributed by atoms with Crippen LogP contribution in [0.2, 0.25) is 0 Å². The summed E-state index contributed by atoms with van der Waals surface area (Å²) in [6.07, 6.45) is 0.470. The molecule has 21 heavy (non-hydrogen) atoms. The first kappa shape index (κ1) is 18.1. The van der Waals surface area contributed by atoms with Crippen molar-refractivity contribution in [3.8, 4) is 0 Å². The summed E-state index contributed by atoms with van der Waals surface area (Å²) in [5, 5.41) is 4.01. The minimum atomic E-state index is 0.129. The molecule has 0 spiro atoms. The average Bonchev–Trinajstić information content (AvgIpc) is 2.46. The number of amides is 1. The van der Waals surface area contributed by atoms with Crippen LogP contribution in [0.25, 0.3) is 0 Å². The molecular weight excluding hydrogens is 284 g/mol. The molecule has 0 bridgehead atoms. The standard InChI is InChI=1S/C15H30N4OS/c1-6-16-15(17-8-7-14(20)18(4)5)19-9-10-21-13(11-19)12(2)3/h12-13H,6-11H2,1-5H3,(H,16,17). The Labute approximate surface area is 133 Å². The smallest absolute Gasteiger partial charge is 0.223 e. The van der Waals surface area contributed by atoms with Gasteiger partial charge in [0.1, 0.15) is 0 Å². The molecule has 1 N–H and O–H groups in total. The van der Waals surface area contributed by atoms with E-state index in [4.69, 9.17) is 0 Å². The lowest BCUT2D eigenvalue weighted by molar-refractivity contribution is -0.128. The Morgan fingerprint density at radius 1 is 1.48 bits per heavy atom. The van der Waals surface area contributed by atoms with Crippen LogP contribution < -0.4 is 5.32 Å². The predicted octanol–water partition coefficient (Wildman–Crippen LogP) is 1.50. The lowest BCUT2D eigenvalue weighted by atomic mass is 10.1. The minimum Gasteiger partial charge on any atom is -0.357 e. The Balaban J connectivity index is 2.60. The third-order valence-corrected chi connectivity index (χ3v) is 5.10. The Kier molecular flexibility index (Phi) is 7.93. The molecule has 0 aromatic carbocycles. The summed E-state index contributed by atoms with van der Waals surface area (Å²) >= 11 is 2.06. The van der Waals surface area contributed by atoms with E-state index in [1.807, 2.05) is 0 Å². The summed E-state index contributed by atoms with van der Waals surface area (Å²) in [6, 6.07) is 0. The van der Waals surface area contributed by atoms with Gasteiger partial charge in [-0.05, 0) is 12.8 Å². The zero-order valence-corrected chi connectivity index (χ0v) is 14.9. The molecule has 6 heteroatoms. The Morgan fingerprint density at radius 3 is 2.76 bits per heavy atom. The van der Waals surface area contributed by atoms with Gasteiger partial charge >= 0.3 is 0 Å². The maximum absolute atomic E-state index is 11.6. The van der Waals surface area contributed by atoms with Crippen molar-refractivity contribution in [3.05, 3.63) is 0 Å². The maximum Gasteiger partial charge on any atom is 0.223 e. The van der Waals surface area contributed by atoms with Crippen LogP contribution in [0.3, 0.4) is 0 Å². The van der Waals surface area contributed by atoms with Crippen LogP contribution in [0.1, 0.15) is 27.2 Å². The Morgan fingerprint density at radius 2 is 2.19 bits per heavy atom. The van der Waals surface area contributed by atoms with E-state index in [2.05, 4.69) is 47.7 Å². The first-order valence-electron chi connectivity index (χ1n) is 7.80. The van der Waals surface area contributed by atoms with Crippen LogP contribution in [0.15, 0.2) is 4.99 Å². The van der Waals surface area contributed by atoms with E-state index in [0.717, 1.165) is 31.3 Å². The van der Waals surface area contributed by atoms with E-state index in [-0.39, 0.29) is 5.91 Å². The number of hydrogen-bond acceptors (Lipinski definition) is 3. The average molecular weight is 314 g/mol. The molecule has 1 rings (SSSR count). The molecule has 122 valence electrons. The number of guanidine groups is 1. The first-order chi connectivity index (χ1) is 9.95. The molecule has 1 fully saturated rings. The van der Waals surface area contributed by atoms with Gasteiger partial charge in [-0.15, -0.1) is 0 Å². The van der Waals surface area contributed by atoms with Crippen molar-refractivity contribution in [2.45, 2.75) is 32.4 Å². The fourth-order valence-electron chi connectivity index (χ4n) is 2.18. The van der Waals surface area contributed by atoms with Gasteiger partial charge in [0.2, 0.25) is 5.91 Å².